The van der Waals surface area contributed by atoms with Crippen molar-refractivity contribution in [3.8, 4) is 0 Å². The summed E-state index contributed by atoms with van der Waals surface area (Å²) in [6.07, 6.45) is 8.38. The van der Waals surface area contributed by atoms with E-state index >= 15 is 0 Å². The molecule has 0 radical (unpaired) electrons. The van der Waals surface area contributed by atoms with E-state index in [2.05, 4.69) is 19.6 Å². The van der Waals surface area contributed by atoms with Gasteiger partial charge in [-0.1, -0.05) is 43.8 Å². The van der Waals surface area contributed by atoms with E-state index < -0.39 is 0 Å². The number of benzene rings is 2. The van der Waals surface area contributed by atoms with Gasteiger partial charge < -0.3 is 10.0 Å². The predicted octanol–water partition coefficient (Wildman–Crippen LogP) is 5.24. The Morgan fingerprint density at radius 3 is 2.59 bits per heavy atom. The summed E-state index contributed by atoms with van der Waals surface area (Å²) in [6.45, 7) is 8.34. The average molecular weight is 459 g/mol. The third-order valence-electron chi connectivity index (χ3n) is 6.68. The van der Waals surface area contributed by atoms with Crippen LogP contribution in [-0.4, -0.2) is 48.1 Å². The highest BCUT2D eigenvalue weighted by Crippen LogP contribution is 2.52. The minimum atomic E-state index is -0.0957. The molecule has 0 aliphatic heterocycles. The van der Waals surface area contributed by atoms with Gasteiger partial charge in [-0.05, 0) is 72.1 Å². The van der Waals surface area contributed by atoms with E-state index in [1.807, 2.05) is 37.3 Å². The fraction of sp³-hybridized carbons (Fsp3) is 0.345. The van der Waals surface area contributed by atoms with Crippen molar-refractivity contribution >= 4 is 23.5 Å². The lowest BCUT2D eigenvalue weighted by molar-refractivity contribution is 0.0766. The molecule has 0 aromatic heterocycles. The van der Waals surface area contributed by atoms with Crippen molar-refractivity contribution in [1.82, 2.24) is 4.90 Å². The number of likely N-dealkylation sites (N-methyl/N-ethyl adjacent to an activating group) is 1. The summed E-state index contributed by atoms with van der Waals surface area (Å²) < 4.78 is 0. The zero-order chi connectivity index (χ0) is 24.7. The Kier molecular flexibility index (Phi) is 8.35. The molecule has 5 nitrogen and oxygen atoms in total. The van der Waals surface area contributed by atoms with Gasteiger partial charge in [-0.2, -0.15) is 0 Å². The number of rotatable bonds is 11. The second kappa shape index (κ2) is 11.2. The molecule has 3 rings (SSSR count). The first-order chi connectivity index (χ1) is 16.4. The van der Waals surface area contributed by atoms with Crippen LogP contribution in [0.1, 0.15) is 70.5 Å². The van der Waals surface area contributed by atoms with Crippen molar-refractivity contribution in [3.05, 3.63) is 89.1 Å². The Labute approximate surface area is 202 Å². The van der Waals surface area contributed by atoms with Crippen molar-refractivity contribution in [3.63, 3.8) is 0 Å². The van der Waals surface area contributed by atoms with E-state index in [1.54, 1.807) is 30.3 Å². The second-order valence-corrected chi connectivity index (χ2v) is 9.03. The summed E-state index contributed by atoms with van der Waals surface area (Å²) in [5, 5.41) is 9.19. The summed E-state index contributed by atoms with van der Waals surface area (Å²) in [7, 11) is 1.70. The summed E-state index contributed by atoms with van der Waals surface area (Å²) in [6, 6.07) is 13.4. The maximum atomic E-state index is 12.8. The lowest BCUT2D eigenvalue weighted by atomic mass is 9.86. The fourth-order valence-corrected chi connectivity index (χ4v) is 4.36. The molecule has 178 valence electrons. The molecule has 0 atom stereocenters. The van der Waals surface area contributed by atoms with E-state index in [-0.39, 0.29) is 17.9 Å². The molecule has 2 aromatic rings. The molecule has 34 heavy (non-hydrogen) atoms. The van der Waals surface area contributed by atoms with Crippen LogP contribution in [0, 0.1) is 0 Å². The number of allylic oxidation sites excluding steroid dienone is 2. The van der Waals surface area contributed by atoms with Crippen LogP contribution in [0.4, 0.5) is 0 Å². The number of hydrogen-bond donors (Lipinski definition) is 1. The van der Waals surface area contributed by atoms with Gasteiger partial charge in [-0.3, -0.25) is 14.6 Å². The molecule has 0 saturated heterocycles. The first-order valence-electron chi connectivity index (χ1n) is 11.8. The summed E-state index contributed by atoms with van der Waals surface area (Å²) in [5.41, 5.74) is 6.51. The smallest absolute Gasteiger partial charge is 0.253 e. The van der Waals surface area contributed by atoms with Crippen LogP contribution in [0.5, 0.6) is 0 Å². The normalized spacial score (nSPS) is 15.1. The number of amides is 1. The van der Waals surface area contributed by atoms with Crippen LogP contribution in [0.2, 0.25) is 0 Å². The molecule has 0 bridgehead atoms. The molecule has 2 aromatic carbocycles. The third kappa shape index (κ3) is 5.78. The number of carbonyl (C=O) groups excluding carboxylic acids is 2. The van der Waals surface area contributed by atoms with Crippen LogP contribution >= 0.6 is 0 Å². The highest BCUT2D eigenvalue weighted by atomic mass is 16.3. The van der Waals surface area contributed by atoms with Crippen LogP contribution in [-0.2, 0) is 11.8 Å². The highest BCUT2D eigenvalue weighted by molar-refractivity contribution is 5.95. The van der Waals surface area contributed by atoms with Crippen LogP contribution in [0.15, 0.2) is 66.3 Å². The number of aliphatic imine (C=N–C) groups is 1. The quantitative estimate of drug-likeness (QED) is 0.285. The highest BCUT2D eigenvalue weighted by Gasteiger charge is 2.43. The monoisotopic (exact) mass is 458 g/mol. The lowest BCUT2D eigenvalue weighted by Gasteiger charge is -2.21. The van der Waals surface area contributed by atoms with Crippen LogP contribution in [0.3, 0.4) is 0 Å². The van der Waals surface area contributed by atoms with Crippen molar-refractivity contribution < 1.29 is 14.7 Å². The van der Waals surface area contributed by atoms with Gasteiger partial charge in [0.1, 0.15) is 6.29 Å². The first kappa shape index (κ1) is 25.3. The topological polar surface area (TPSA) is 70.0 Å². The number of hydrogen-bond acceptors (Lipinski definition) is 4. The number of aliphatic hydroxyl groups excluding tert-OH is 1. The van der Waals surface area contributed by atoms with E-state index in [1.165, 1.54) is 5.56 Å². The van der Waals surface area contributed by atoms with Gasteiger partial charge in [-0.25, -0.2) is 0 Å². The molecule has 1 fully saturated rings. The Morgan fingerprint density at radius 2 is 1.97 bits per heavy atom. The molecule has 5 heteroatoms. The molecule has 0 unspecified atom stereocenters. The average Bonchev–Trinajstić information content (AvgIpc) is 3.65. The Morgan fingerprint density at radius 1 is 1.21 bits per heavy atom. The Bertz CT molecular complexity index is 1130. The molecule has 1 amide bonds. The molecule has 1 aliphatic carbocycles. The minimum absolute atomic E-state index is 0.0639. The van der Waals surface area contributed by atoms with E-state index in [4.69, 9.17) is 4.99 Å². The molecule has 0 heterocycles. The Balaban J connectivity index is 1.92. The zero-order valence-corrected chi connectivity index (χ0v) is 20.4. The molecule has 1 aliphatic rings. The minimum Gasteiger partial charge on any atom is -0.395 e. The molecular formula is C29H34N2O3. The number of nitrogens with zero attached hydrogens (tertiary/aromatic N) is 2. The van der Waals surface area contributed by atoms with Gasteiger partial charge in [0.15, 0.2) is 0 Å². The molecule has 1 N–H and O–H groups in total. The third-order valence-corrected chi connectivity index (χ3v) is 6.68. The van der Waals surface area contributed by atoms with Gasteiger partial charge in [-0.15, -0.1) is 0 Å². The standard InChI is InChI=1S/C29H34N2O3/c1-5-23(24-9-7-8-22(17-24)20-33)19-30-21(3)16-26-18-25(28(34)31(4)14-15-32)10-11-27(26)29(6-2)12-13-29/h5,7-11,17-20,32H,1,6,12-16H2,2-4H3/b23-19+,30-21?. The lowest BCUT2D eigenvalue weighted by Crippen LogP contribution is -2.29. The van der Waals surface area contributed by atoms with Crippen molar-refractivity contribution in [1.29, 1.82) is 0 Å². The van der Waals surface area contributed by atoms with Gasteiger partial charge >= 0.3 is 0 Å². The molecule has 0 spiro atoms. The van der Waals surface area contributed by atoms with Gasteiger partial charge in [0.25, 0.3) is 5.91 Å². The SMILES string of the molecule is C=C/C(=C\N=C(C)Cc1cc(C(=O)N(C)CCO)ccc1C1(CC)CC1)c1cccc(C=O)c1. The molecule has 1 saturated carbocycles. The van der Waals surface area contributed by atoms with E-state index in [0.717, 1.165) is 48.0 Å². The largest absolute Gasteiger partial charge is 0.395 e. The van der Waals surface area contributed by atoms with Crippen molar-refractivity contribution in [2.24, 2.45) is 4.99 Å². The number of aliphatic hydroxyl groups is 1. The van der Waals surface area contributed by atoms with E-state index in [0.29, 0.717) is 24.1 Å². The van der Waals surface area contributed by atoms with Crippen LogP contribution in [0.25, 0.3) is 5.57 Å². The van der Waals surface area contributed by atoms with Crippen molar-refractivity contribution in [2.75, 3.05) is 20.2 Å². The predicted molar refractivity (Wildman–Crippen MR) is 139 cm³/mol. The van der Waals surface area contributed by atoms with Gasteiger partial charge in [0.2, 0.25) is 0 Å². The summed E-state index contributed by atoms with van der Waals surface area (Å²) in [5.74, 6) is -0.0957. The van der Waals surface area contributed by atoms with E-state index in [9.17, 15) is 14.7 Å². The summed E-state index contributed by atoms with van der Waals surface area (Å²) >= 11 is 0. The number of aldehydes is 1. The molecular weight excluding hydrogens is 424 g/mol. The maximum Gasteiger partial charge on any atom is 0.253 e. The second-order valence-electron chi connectivity index (χ2n) is 9.03. The van der Waals surface area contributed by atoms with Gasteiger partial charge in [0, 0.05) is 43.1 Å². The Hall–Kier alpha value is -3.31. The zero-order valence-electron chi connectivity index (χ0n) is 20.4. The van der Waals surface area contributed by atoms with Gasteiger partial charge in [0.05, 0.1) is 6.61 Å². The number of carbonyl (C=O) groups is 2. The fourth-order valence-electron chi connectivity index (χ4n) is 4.36. The maximum absolute atomic E-state index is 12.8. The van der Waals surface area contributed by atoms with Crippen molar-refractivity contribution in [2.45, 2.75) is 44.9 Å². The summed E-state index contributed by atoms with van der Waals surface area (Å²) in [4.78, 5) is 30.2. The van der Waals surface area contributed by atoms with Crippen LogP contribution < -0.4 is 0 Å². The first-order valence-corrected chi connectivity index (χ1v) is 11.8.